The van der Waals surface area contributed by atoms with Gasteiger partial charge in [-0.15, -0.1) is 0 Å². The van der Waals surface area contributed by atoms with Crippen LogP contribution in [0.15, 0.2) is 24.3 Å². The van der Waals surface area contributed by atoms with Crippen LogP contribution < -0.4 is 9.44 Å². The average molecular weight is 320 g/mol. The summed E-state index contributed by atoms with van der Waals surface area (Å²) in [7, 11) is -6.66. The zero-order valence-corrected chi connectivity index (χ0v) is 13.2. The number of rotatable bonds is 8. The van der Waals surface area contributed by atoms with Gasteiger partial charge in [-0.3, -0.25) is 9.44 Å². The van der Waals surface area contributed by atoms with Crippen molar-refractivity contribution in [3.8, 4) is 0 Å². The van der Waals surface area contributed by atoms with E-state index in [-0.39, 0.29) is 11.5 Å². The van der Waals surface area contributed by atoms with Crippen molar-refractivity contribution in [2.75, 3.05) is 20.9 Å². The molecule has 1 aromatic rings. The molecular formula is C12H20N2O4S2. The maximum absolute atomic E-state index is 11.6. The van der Waals surface area contributed by atoms with Gasteiger partial charge in [0, 0.05) is 11.4 Å². The zero-order chi connectivity index (χ0) is 15.2. The molecule has 0 aliphatic heterocycles. The number of hydrogen-bond acceptors (Lipinski definition) is 4. The van der Waals surface area contributed by atoms with Crippen molar-refractivity contribution in [2.24, 2.45) is 0 Å². The number of anilines is 2. The summed E-state index contributed by atoms with van der Waals surface area (Å²) < 4.78 is 51.2. The molecule has 0 aliphatic carbocycles. The van der Waals surface area contributed by atoms with Gasteiger partial charge < -0.3 is 0 Å². The second-order valence-corrected chi connectivity index (χ2v) is 8.10. The second-order valence-electron chi connectivity index (χ2n) is 4.42. The van der Waals surface area contributed by atoms with E-state index in [0.717, 1.165) is 0 Å². The first-order chi connectivity index (χ1) is 9.28. The molecule has 114 valence electrons. The summed E-state index contributed by atoms with van der Waals surface area (Å²) in [5.74, 6) is 0.107. The topological polar surface area (TPSA) is 92.3 Å². The van der Waals surface area contributed by atoms with Gasteiger partial charge >= 0.3 is 0 Å². The van der Waals surface area contributed by atoms with Crippen LogP contribution >= 0.6 is 0 Å². The fourth-order valence-electron chi connectivity index (χ4n) is 1.60. The lowest BCUT2D eigenvalue weighted by atomic mass is 10.3. The summed E-state index contributed by atoms with van der Waals surface area (Å²) in [6.45, 7) is 3.57. The van der Waals surface area contributed by atoms with Crippen LogP contribution in [-0.2, 0) is 20.0 Å². The highest BCUT2D eigenvalue weighted by atomic mass is 32.2. The molecule has 1 rings (SSSR count). The standard InChI is InChI=1S/C12H20N2O4S2/c1-3-9-19(15,16)13-11-5-7-12(8-6-11)14-20(17,18)10-4-2/h5-8,13-14H,3-4,9-10H2,1-2H3. The lowest BCUT2D eigenvalue weighted by molar-refractivity contribution is 0.598. The Balaban J connectivity index is 2.75. The van der Waals surface area contributed by atoms with Crippen LogP contribution in [0.5, 0.6) is 0 Å². The fraction of sp³-hybridized carbons (Fsp3) is 0.500. The quantitative estimate of drug-likeness (QED) is 0.766. The number of nitrogens with one attached hydrogen (secondary N) is 2. The Hall–Kier alpha value is -1.28. The van der Waals surface area contributed by atoms with Gasteiger partial charge in [0.05, 0.1) is 11.5 Å². The number of benzene rings is 1. The minimum Gasteiger partial charge on any atom is -0.284 e. The predicted octanol–water partition coefficient (Wildman–Crippen LogP) is 1.99. The van der Waals surface area contributed by atoms with Gasteiger partial charge in [0.25, 0.3) is 0 Å². The van der Waals surface area contributed by atoms with Crippen LogP contribution in [0, 0.1) is 0 Å². The van der Waals surface area contributed by atoms with Crippen LogP contribution in [0.25, 0.3) is 0 Å². The smallest absolute Gasteiger partial charge is 0.232 e. The third kappa shape index (κ3) is 5.79. The molecule has 0 fully saturated rings. The molecule has 0 atom stereocenters. The van der Waals surface area contributed by atoms with E-state index in [4.69, 9.17) is 0 Å². The van der Waals surface area contributed by atoms with E-state index in [1.165, 1.54) is 24.3 Å². The van der Waals surface area contributed by atoms with Gasteiger partial charge in [-0.1, -0.05) is 13.8 Å². The molecule has 0 spiro atoms. The molecule has 0 bridgehead atoms. The molecule has 8 heteroatoms. The fourth-order valence-corrected chi connectivity index (χ4v) is 3.87. The summed E-state index contributed by atoms with van der Waals surface area (Å²) in [4.78, 5) is 0. The molecule has 0 saturated carbocycles. The van der Waals surface area contributed by atoms with Crippen LogP contribution in [-0.4, -0.2) is 28.3 Å². The van der Waals surface area contributed by atoms with Crippen LogP contribution in [0.2, 0.25) is 0 Å². The zero-order valence-electron chi connectivity index (χ0n) is 11.6. The Morgan fingerprint density at radius 1 is 0.750 bits per heavy atom. The summed E-state index contributed by atoms with van der Waals surface area (Å²) in [6, 6.07) is 6.10. The van der Waals surface area contributed by atoms with E-state index in [1.807, 2.05) is 0 Å². The summed E-state index contributed by atoms with van der Waals surface area (Å²) in [5.41, 5.74) is 0.828. The molecule has 1 aromatic carbocycles. The summed E-state index contributed by atoms with van der Waals surface area (Å²) >= 11 is 0. The van der Waals surface area contributed by atoms with E-state index in [2.05, 4.69) is 9.44 Å². The normalized spacial score (nSPS) is 12.1. The van der Waals surface area contributed by atoms with Crippen LogP contribution in [0.3, 0.4) is 0 Å². The Labute approximate surface area is 120 Å². The molecule has 6 nitrogen and oxygen atoms in total. The summed E-state index contributed by atoms with van der Waals surface area (Å²) in [6.07, 6.45) is 1.06. The van der Waals surface area contributed by atoms with Gasteiger partial charge in [-0.2, -0.15) is 0 Å². The first-order valence-corrected chi connectivity index (χ1v) is 9.69. The molecule has 2 N–H and O–H groups in total. The second kappa shape index (κ2) is 6.94. The van der Waals surface area contributed by atoms with Gasteiger partial charge in [-0.05, 0) is 37.1 Å². The molecule has 0 amide bonds. The number of hydrogen-bond donors (Lipinski definition) is 2. The Bertz CT molecular complexity index is 565. The van der Waals surface area contributed by atoms with Crippen LogP contribution in [0.4, 0.5) is 11.4 Å². The third-order valence-corrected chi connectivity index (χ3v) is 5.36. The van der Waals surface area contributed by atoms with E-state index in [1.54, 1.807) is 13.8 Å². The SMILES string of the molecule is CCCS(=O)(=O)Nc1ccc(NS(=O)(=O)CCC)cc1. The van der Waals surface area contributed by atoms with Gasteiger partial charge in [0.2, 0.25) is 20.0 Å². The molecule has 0 unspecified atom stereocenters. The van der Waals surface area contributed by atoms with Gasteiger partial charge in [0.1, 0.15) is 0 Å². The highest BCUT2D eigenvalue weighted by Crippen LogP contribution is 2.16. The average Bonchev–Trinajstić information content (AvgIpc) is 2.30. The first kappa shape index (κ1) is 16.8. The monoisotopic (exact) mass is 320 g/mol. The first-order valence-electron chi connectivity index (χ1n) is 6.39. The van der Waals surface area contributed by atoms with Crippen molar-refractivity contribution in [3.63, 3.8) is 0 Å². The van der Waals surface area contributed by atoms with Gasteiger partial charge in [-0.25, -0.2) is 16.8 Å². The predicted molar refractivity (Wildman–Crippen MR) is 81.8 cm³/mol. The van der Waals surface area contributed by atoms with Crippen molar-refractivity contribution < 1.29 is 16.8 Å². The number of sulfonamides is 2. The molecular weight excluding hydrogens is 300 g/mol. The third-order valence-electron chi connectivity index (χ3n) is 2.38. The lowest BCUT2D eigenvalue weighted by Gasteiger charge is -2.09. The molecule has 0 aromatic heterocycles. The molecule has 20 heavy (non-hydrogen) atoms. The molecule has 0 radical (unpaired) electrons. The maximum atomic E-state index is 11.6. The van der Waals surface area contributed by atoms with E-state index in [0.29, 0.717) is 24.2 Å². The molecule has 0 aliphatic rings. The highest BCUT2D eigenvalue weighted by Gasteiger charge is 2.10. The van der Waals surface area contributed by atoms with Crippen molar-refractivity contribution in [3.05, 3.63) is 24.3 Å². The molecule has 0 saturated heterocycles. The van der Waals surface area contributed by atoms with Crippen molar-refractivity contribution in [1.29, 1.82) is 0 Å². The minimum atomic E-state index is -3.33. The Kier molecular flexibility index (Phi) is 5.82. The van der Waals surface area contributed by atoms with Crippen LogP contribution in [0.1, 0.15) is 26.7 Å². The minimum absolute atomic E-state index is 0.0535. The molecule has 0 heterocycles. The lowest BCUT2D eigenvalue weighted by Crippen LogP contribution is -2.17. The van der Waals surface area contributed by atoms with Crippen molar-refractivity contribution in [2.45, 2.75) is 26.7 Å². The highest BCUT2D eigenvalue weighted by molar-refractivity contribution is 7.92. The summed E-state index contributed by atoms with van der Waals surface area (Å²) in [5, 5.41) is 0. The van der Waals surface area contributed by atoms with E-state index >= 15 is 0 Å². The van der Waals surface area contributed by atoms with Crippen molar-refractivity contribution in [1.82, 2.24) is 0 Å². The van der Waals surface area contributed by atoms with E-state index < -0.39 is 20.0 Å². The van der Waals surface area contributed by atoms with E-state index in [9.17, 15) is 16.8 Å². The van der Waals surface area contributed by atoms with Crippen molar-refractivity contribution >= 4 is 31.4 Å². The maximum Gasteiger partial charge on any atom is 0.232 e. The van der Waals surface area contributed by atoms with Gasteiger partial charge in [0.15, 0.2) is 0 Å². The largest absolute Gasteiger partial charge is 0.284 e. The Morgan fingerprint density at radius 3 is 1.30 bits per heavy atom. The Morgan fingerprint density at radius 2 is 1.05 bits per heavy atom.